The van der Waals surface area contributed by atoms with Crippen molar-refractivity contribution < 1.29 is 4.74 Å². The van der Waals surface area contributed by atoms with E-state index in [9.17, 15) is 0 Å². The lowest BCUT2D eigenvalue weighted by Crippen LogP contribution is -2.23. The van der Waals surface area contributed by atoms with Gasteiger partial charge in [-0.2, -0.15) is 4.98 Å². The molecule has 0 atom stereocenters. The van der Waals surface area contributed by atoms with E-state index in [2.05, 4.69) is 9.97 Å². The van der Waals surface area contributed by atoms with Gasteiger partial charge in [0.05, 0.1) is 0 Å². The lowest BCUT2D eigenvalue weighted by molar-refractivity contribution is 0.123. The number of hydrogen-bond acceptors (Lipinski definition) is 3. The minimum Gasteiger partial charge on any atom is -0.472 e. The zero-order chi connectivity index (χ0) is 11.1. The summed E-state index contributed by atoms with van der Waals surface area (Å²) >= 11 is 5.92. The molecule has 4 heteroatoms. The molecule has 0 unspecified atom stereocenters. The van der Waals surface area contributed by atoms with Crippen LogP contribution in [0.15, 0.2) is 6.07 Å². The normalized spacial score (nSPS) is 16.5. The summed E-state index contributed by atoms with van der Waals surface area (Å²) < 4.78 is 5.67. The van der Waals surface area contributed by atoms with Crippen molar-refractivity contribution in [3.05, 3.63) is 17.0 Å². The predicted molar refractivity (Wildman–Crippen MR) is 59.4 cm³/mol. The molecular weight excluding hydrogens is 212 g/mol. The summed E-state index contributed by atoms with van der Waals surface area (Å²) in [5, 5.41) is 0.464. The first kappa shape index (κ1) is 10.7. The summed E-state index contributed by atoms with van der Waals surface area (Å²) in [5.74, 6) is 1.89. The SMILES string of the molecule is CC(C)(C)Oc1cc(Cl)nc(C2CC2)n1. The van der Waals surface area contributed by atoms with Crippen LogP contribution < -0.4 is 4.74 Å². The van der Waals surface area contributed by atoms with E-state index in [1.54, 1.807) is 6.07 Å². The average molecular weight is 227 g/mol. The number of ether oxygens (including phenoxy) is 1. The van der Waals surface area contributed by atoms with Gasteiger partial charge in [0, 0.05) is 12.0 Å². The van der Waals surface area contributed by atoms with E-state index in [4.69, 9.17) is 16.3 Å². The number of halogens is 1. The lowest BCUT2D eigenvalue weighted by atomic mass is 10.2. The van der Waals surface area contributed by atoms with Crippen molar-refractivity contribution in [3.8, 4) is 5.88 Å². The maximum atomic E-state index is 5.92. The van der Waals surface area contributed by atoms with Gasteiger partial charge in [-0.25, -0.2) is 4.98 Å². The van der Waals surface area contributed by atoms with Crippen LogP contribution in [-0.2, 0) is 0 Å². The Kier molecular flexibility index (Phi) is 2.59. The summed E-state index contributed by atoms with van der Waals surface area (Å²) in [4.78, 5) is 8.56. The van der Waals surface area contributed by atoms with E-state index < -0.39 is 0 Å². The third-order valence-corrected chi connectivity index (χ3v) is 2.24. The van der Waals surface area contributed by atoms with Crippen LogP contribution in [0.3, 0.4) is 0 Å². The molecule has 0 spiro atoms. The van der Waals surface area contributed by atoms with Gasteiger partial charge in [0.25, 0.3) is 0 Å². The summed E-state index contributed by atoms with van der Waals surface area (Å²) in [5.41, 5.74) is -0.251. The number of hydrogen-bond donors (Lipinski definition) is 0. The van der Waals surface area contributed by atoms with Gasteiger partial charge in [-0.05, 0) is 33.6 Å². The second kappa shape index (κ2) is 3.63. The Morgan fingerprint density at radius 1 is 1.33 bits per heavy atom. The van der Waals surface area contributed by atoms with E-state index in [0.29, 0.717) is 17.0 Å². The fourth-order valence-corrected chi connectivity index (χ4v) is 1.48. The maximum Gasteiger partial charge on any atom is 0.218 e. The molecule has 0 aliphatic heterocycles. The predicted octanol–water partition coefficient (Wildman–Crippen LogP) is 3.18. The van der Waals surface area contributed by atoms with Crippen molar-refractivity contribution in [2.45, 2.75) is 45.1 Å². The van der Waals surface area contributed by atoms with Crippen LogP contribution in [0.25, 0.3) is 0 Å². The third kappa shape index (κ3) is 3.06. The molecule has 1 heterocycles. The molecule has 3 nitrogen and oxygen atoms in total. The van der Waals surface area contributed by atoms with Crippen LogP contribution in [-0.4, -0.2) is 15.6 Å². The molecule has 0 amide bonds. The van der Waals surface area contributed by atoms with Crippen LogP contribution in [0.4, 0.5) is 0 Å². The molecule has 0 N–H and O–H groups in total. The molecule has 0 bridgehead atoms. The lowest BCUT2D eigenvalue weighted by Gasteiger charge is -2.20. The molecule has 82 valence electrons. The minimum absolute atomic E-state index is 0.251. The number of nitrogens with zero attached hydrogens (tertiary/aromatic N) is 2. The Hall–Kier alpha value is -0.830. The zero-order valence-corrected chi connectivity index (χ0v) is 10.0. The van der Waals surface area contributed by atoms with Gasteiger partial charge in [0.2, 0.25) is 5.88 Å². The minimum atomic E-state index is -0.251. The molecule has 0 aromatic carbocycles. The molecule has 2 rings (SSSR count). The molecule has 0 radical (unpaired) electrons. The largest absolute Gasteiger partial charge is 0.472 e. The monoisotopic (exact) mass is 226 g/mol. The number of rotatable bonds is 2. The fourth-order valence-electron chi connectivity index (χ4n) is 1.30. The van der Waals surface area contributed by atoms with Gasteiger partial charge in [-0.1, -0.05) is 11.6 Å². The van der Waals surface area contributed by atoms with Gasteiger partial charge >= 0.3 is 0 Å². The quantitative estimate of drug-likeness (QED) is 0.727. The van der Waals surface area contributed by atoms with Crippen LogP contribution in [0, 0.1) is 0 Å². The van der Waals surface area contributed by atoms with Gasteiger partial charge in [-0.15, -0.1) is 0 Å². The summed E-state index contributed by atoms with van der Waals surface area (Å²) in [7, 11) is 0. The highest BCUT2D eigenvalue weighted by Crippen LogP contribution is 2.39. The third-order valence-electron chi connectivity index (χ3n) is 2.04. The van der Waals surface area contributed by atoms with E-state index in [0.717, 1.165) is 18.7 Å². The summed E-state index contributed by atoms with van der Waals surface area (Å²) in [6.45, 7) is 5.96. The van der Waals surface area contributed by atoms with Gasteiger partial charge in [0.1, 0.15) is 16.6 Å². The molecule has 1 aromatic rings. The first-order chi connectivity index (χ1) is 6.94. The second-order valence-electron chi connectivity index (χ2n) is 4.88. The topological polar surface area (TPSA) is 35.0 Å². The van der Waals surface area contributed by atoms with Crippen LogP contribution in [0.1, 0.15) is 45.4 Å². The van der Waals surface area contributed by atoms with Crippen LogP contribution >= 0.6 is 11.6 Å². The Balaban J connectivity index is 2.23. The Morgan fingerprint density at radius 3 is 2.53 bits per heavy atom. The van der Waals surface area contributed by atoms with E-state index in [1.165, 1.54) is 0 Å². The molecule has 1 aliphatic carbocycles. The Bertz CT molecular complexity index is 369. The molecule has 1 fully saturated rings. The first-order valence-corrected chi connectivity index (χ1v) is 5.55. The average Bonchev–Trinajstić information content (AvgIpc) is 2.80. The van der Waals surface area contributed by atoms with E-state index in [-0.39, 0.29) is 5.60 Å². The van der Waals surface area contributed by atoms with E-state index >= 15 is 0 Å². The van der Waals surface area contributed by atoms with Crippen LogP contribution in [0.5, 0.6) is 5.88 Å². The van der Waals surface area contributed by atoms with E-state index in [1.807, 2.05) is 20.8 Å². The maximum absolute atomic E-state index is 5.92. The molecule has 1 aliphatic rings. The van der Waals surface area contributed by atoms with Crippen molar-refractivity contribution >= 4 is 11.6 Å². The molecular formula is C11H15ClN2O. The smallest absolute Gasteiger partial charge is 0.218 e. The van der Waals surface area contributed by atoms with Crippen molar-refractivity contribution in [1.29, 1.82) is 0 Å². The molecule has 0 saturated heterocycles. The highest BCUT2D eigenvalue weighted by Gasteiger charge is 2.28. The Morgan fingerprint density at radius 2 is 2.00 bits per heavy atom. The first-order valence-electron chi connectivity index (χ1n) is 5.17. The van der Waals surface area contributed by atoms with Crippen molar-refractivity contribution in [2.75, 3.05) is 0 Å². The second-order valence-corrected chi connectivity index (χ2v) is 5.26. The van der Waals surface area contributed by atoms with Gasteiger partial charge < -0.3 is 4.74 Å². The summed E-state index contributed by atoms with van der Waals surface area (Å²) in [6.07, 6.45) is 2.32. The highest BCUT2D eigenvalue weighted by molar-refractivity contribution is 6.29. The zero-order valence-electron chi connectivity index (χ0n) is 9.25. The molecule has 1 aromatic heterocycles. The Labute approximate surface area is 94.8 Å². The number of aromatic nitrogens is 2. The molecule has 15 heavy (non-hydrogen) atoms. The van der Waals surface area contributed by atoms with Crippen molar-refractivity contribution in [1.82, 2.24) is 9.97 Å². The fraction of sp³-hybridized carbons (Fsp3) is 0.636. The highest BCUT2D eigenvalue weighted by atomic mass is 35.5. The van der Waals surface area contributed by atoms with Gasteiger partial charge in [-0.3, -0.25) is 0 Å². The van der Waals surface area contributed by atoms with Crippen molar-refractivity contribution in [2.24, 2.45) is 0 Å². The van der Waals surface area contributed by atoms with Crippen molar-refractivity contribution in [3.63, 3.8) is 0 Å². The van der Waals surface area contributed by atoms with Gasteiger partial charge in [0.15, 0.2) is 0 Å². The molecule has 1 saturated carbocycles. The van der Waals surface area contributed by atoms with Crippen LogP contribution in [0.2, 0.25) is 5.15 Å². The standard InChI is InChI=1S/C11H15ClN2O/c1-11(2,3)15-9-6-8(12)13-10(14-9)7-4-5-7/h6-7H,4-5H2,1-3H3. The summed E-state index contributed by atoms with van der Waals surface area (Å²) in [6, 6.07) is 1.67.